The van der Waals surface area contributed by atoms with Crippen molar-refractivity contribution in [2.75, 3.05) is 44.0 Å². The first-order chi connectivity index (χ1) is 15.7. The van der Waals surface area contributed by atoms with Crippen LogP contribution in [0.15, 0.2) is 42.5 Å². The third-order valence-corrected chi connectivity index (χ3v) is 4.77. The molecule has 1 atom stereocenters. The zero-order chi connectivity index (χ0) is 24.4. The second-order valence-corrected chi connectivity index (χ2v) is 7.52. The van der Waals surface area contributed by atoms with E-state index < -0.39 is 6.10 Å². The van der Waals surface area contributed by atoms with Crippen molar-refractivity contribution in [3.63, 3.8) is 0 Å². The Kier molecular flexibility index (Phi) is 9.84. The summed E-state index contributed by atoms with van der Waals surface area (Å²) in [5.41, 5.74) is 1.76. The number of ketones is 1. The lowest BCUT2D eigenvalue weighted by atomic mass is 10.1. The van der Waals surface area contributed by atoms with Crippen molar-refractivity contribution in [1.29, 1.82) is 0 Å². The van der Waals surface area contributed by atoms with Crippen molar-refractivity contribution in [3.05, 3.63) is 48.0 Å². The van der Waals surface area contributed by atoms with E-state index in [0.717, 1.165) is 0 Å². The first kappa shape index (κ1) is 25.8. The number of carbonyl (C=O) groups is 3. The van der Waals surface area contributed by atoms with Crippen LogP contribution in [0.2, 0.25) is 0 Å². The van der Waals surface area contributed by atoms with Gasteiger partial charge in [0.2, 0.25) is 11.8 Å². The number of amides is 2. The summed E-state index contributed by atoms with van der Waals surface area (Å²) in [6.45, 7) is 5.68. The summed E-state index contributed by atoms with van der Waals surface area (Å²) in [6, 6.07) is 11.7. The number of aliphatic hydroxyl groups is 1. The molecule has 9 heteroatoms. The van der Waals surface area contributed by atoms with E-state index in [9.17, 15) is 19.5 Å². The van der Waals surface area contributed by atoms with Crippen LogP contribution in [0.5, 0.6) is 11.5 Å². The summed E-state index contributed by atoms with van der Waals surface area (Å²) in [4.78, 5) is 36.8. The van der Waals surface area contributed by atoms with Crippen LogP contribution in [0.1, 0.15) is 31.1 Å². The first-order valence-electron chi connectivity index (χ1n) is 10.6. The van der Waals surface area contributed by atoms with Gasteiger partial charge < -0.3 is 25.2 Å². The van der Waals surface area contributed by atoms with E-state index in [1.165, 1.54) is 21.0 Å². The molecule has 0 heterocycles. The molecule has 0 saturated heterocycles. The molecule has 0 aliphatic carbocycles. The van der Waals surface area contributed by atoms with Crippen LogP contribution in [0.25, 0.3) is 0 Å². The standard InChI is InChI=1S/C24H31N3O6/c1-5-27(14-24(31)26-20-9-7-19(8-10-20)25-17(3)29)13-21(30)15-33-22-11-6-18(16(2)28)12-23(22)32-4/h6-12,21,30H,5,13-15H2,1-4H3,(H,25,29)(H,26,31). The van der Waals surface area contributed by atoms with Crippen molar-refractivity contribution in [3.8, 4) is 11.5 Å². The smallest absolute Gasteiger partial charge is 0.238 e. The van der Waals surface area contributed by atoms with E-state index in [1.54, 1.807) is 47.4 Å². The lowest BCUT2D eigenvalue weighted by Gasteiger charge is -2.23. The molecule has 0 fully saturated rings. The van der Waals surface area contributed by atoms with Gasteiger partial charge in [-0.2, -0.15) is 0 Å². The summed E-state index contributed by atoms with van der Waals surface area (Å²) < 4.78 is 10.9. The lowest BCUT2D eigenvalue weighted by molar-refractivity contribution is -0.117. The highest BCUT2D eigenvalue weighted by Crippen LogP contribution is 2.28. The molecular formula is C24H31N3O6. The second-order valence-electron chi connectivity index (χ2n) is 7.52. The van der Waals surface area contributed by atoms with E-state index >= 15 is 0 Å². The van der Waals surface area contributed by atoms with Gasteiger partial charge in [-0.1, -0.05) is 6.92 Å². The number of anilines is 2. The maximum atomic E-state index is 12.4. The molecule has 2 aromatic rings. The van der Waals surface area contributed by atoms with Gasteiger partial charge in [0.05, 0.1) is 13.7 Å². The maximum Gasteiger partial charge on any atom is 0.238 e. The highest BCUT2D eigenvalue weighted by molar-refractivity contribution is 5.95. The van der Waals surface area contributed by atoms with Crippen LogP contribution < -0.4 is 20.1 Å². The molecule has 2 amide bonds. The zero-order valence-electron chi connectivity index (χ0n) is 19.4. The number of Topliss-reactive ketones (excluding diaryl/α,β-unsaturated/α-hetero) is 1. The number of benzene rings is 2. The van der Waals surface area contributed by atoms with Gasteiger partial charge in [-0.3, -0.25) is 19.3 Å². The molecule has 3 N–H and O–H groups in total. The van der Waals surface area contributed by atoms with Crippen LogP contribution >= 0.6 is 0 Å². The van der Waals surface area contributed by atoms with Crippen LogP contribution in [-0.2, 0) is 9.59 Å². The summed E-state index contributed by atoms with van der Waals surface area (Å²) >= 11 is 0. The van der Waals surface area contributed by atoms with Crippen LogP contribution in [0.4, 0.5) is 11.4 Å². The Bertz CT molecular complexity index is 961. The number of carbonyl (C=O) groups excluding carboxylic acids is 3. The van der Waals surface area contributed by atoms with Gasteiger partial charge in [-0.25, -0.2) is 0 Å². The molecule has 0 aromatic heterocycles. The predicted molar refractivity (Wildman–Crippen MR) is 126 cm³/mol. The maximum absolute atomic E-state index is 12.4. The Balaban J connectivity index is 1.85. The summed E-state index contributed by atoms with van der Waals surface area (Å²) in [7, 11) is 1.48. The number of likely N-dealkylation sites (N-methyl/N-ethyl adjacent to an activating group) is 1. The van der Waals surface area contributed by atoms with E-state index in [4.69, 9.17) is 9.47 Å². The summed E-state index contributed by atoms with van der Waals surface area (Å²) in [5.74, 6) is 0.356. The van der Waals surface area contributed by atoms with Crippen LogP contribution in [0.3, 0.4) is 0 Å². The SMILES string of the molecule is CCN(CC(=O)Nc1ccc(NC(C)=O)cc1)CC(O)COc1ccc(C(C)=O)cc1OC. The van der Waals surface area contributed by atoms with E-state index in [0.29, 0.717) is 35.0 Å². The van der Waals surface area contributed by atoms with Crippen molar-refractivity contribution < 1.29 is 29.0 Å². The van der Waals surface area contributed by atoms with Crippen molar-refractivity contribution >= 4 is 29.0 Å². The fourth-order valence-corrected chi connectivity index (χ4v) is 3.09. The number of nitrogens with zero attached hydrogens (tertiary/aromatic N) is 1. The first-order valence-corrected chi connectivity index (χ1v) is 10.6. The van der Waals surface area contributed by atoms with Crippen LogP contribution in [0, 0.1) is 0 Å². The van der Waals surface area contributed by atoms with Gasteiger partial charge >= 0.3 is 0 Å². The average molecular weight is 458 g/mol. The quantitative estimate of drug-likeness (QED) is 0.419. The number of aliphatic hydroxyl groups excluding tert-OH is 1. The predicted octanol–water partition coefficient (Wildman–Crippen LogP) is 2.56. The summed E-state index contributed by atoms with van der Waals surface area (Å²) in [5, 5.41) is 15.9. The van der Waals surface area contributed by atoms with Crippen LogP contribution in [-0.4, -0.2) is 67.1 Å². The van der Waals surface area contributed by atoms with E-state index in [-0.39, 0.29) is 37.3 Å². The van der Waals surface area contributed by atoms with Crippen molar-refractivity contribution in [2.45, 2.75) is 26.9 Å². The molecule has 2 aromatic carbocycles. The molecule has 0 spiro atoms. The largest absolute Gasteiger partial charge is 0.493 e. The van der Waals surface area contributed by atoms with E-state index in [2.05, 4.69) is 10.6 Å². The minimum absolute atomic E-state index is 0.00148. The van der Waals surface area contributed by atoms with Gasteiger partial charge in [0.1, 0.15) is 12.7 Å². The monoisotopic (exact) mass is 457 g/mol. The summed E-state index contributed by atoms with van der Waals surface area (Å²) in [6.07, 6.45) is -0.841. The fourth-order valence-electron chi connectivity index (χ4n) is 3.09. The van der Waals surface area contributed by atoms with Crippen molar-refractivity contribution in [1.82, 2.24) is 4.90 Å². The second kappa shape index (κ2) is 12.6. The number of nitrogens with one attached hydrogen (secondary N) is 2. The van der Waals surface area contributed by atoms with E-state index in [1.807, 2.05) is 6.92 Å². The minimum atomic E-state index is -0.841. The molecule has 0 aliphatic heterocycles. The average Bonchev–Trinajstić information content (AvgIpc) is 2.77. The fraction of sp³-hybridized carbons (Fsp3) is 0.375. The van der Waals surface area contributed by atoms with Gasteiger partial charge in [-0.05, 0) is 55.9 Å². The van der Waals surface area contributed by atoms with Gasteiger partial charge in [-0.15, -0.1) is 0 Å². The number of hydrogen-bond acceptors (Lipinski definition) is 7. The Hall–Kier alpha value is -3.43. The molecule has 9 nitrogen and oxygen atoms in total. The number of hydrogen-bond donors (Lipinski definition) is 3. The molecule has 178 valence electrons. The molecule has 2 rings (SSSR count). The molecule has 1 unspecified atom stereocenters. The molecule has 0 radical (unpaired) electrons. The molecular weight excluding hydrogens is 426 g/mol. The Labute approximate surface area is 193 Å². The molecule has 33 heavy (non-hydrogen) atoms. The molecule has 0 aliphatic rings. The number of rotatable bonds is 12. The Morgan fingerprint density at radius 3 is 2.18 bits per heavy atom. The highest BCUT2D eigenvalue weighted by atomic mass is 16.5. The van der Waals surface area contributed by atoms with Gasteiger partial charge in [0, 0.05) is 30.4 Å². The molecule has 0 bridgehead atoms. The van der Waals surface area contributed by atoms with Gasteiger partial charge in [0.15, 0.2) is 17.3 Å². The Morgan fingerprint density at radius 1 is 1.00 bits per heavy atom. The molecule has 0 saturated carbocycles. The highest BCUT2D eigenvalue weighted by Gasteiger charge is 2.16. The third kappa shape index (κ3) is 8.55. The third-order valence-electron chi connectivity index (χ3n) is 4.77. The van der Waals surface area contributed by atoms with Crippen molar-refractivity contribution in [2.24, 2.45) is 0 Å². The Morgan fingerprint density at radius 2 is 1.64 bits per heavy atom. The topological polar surface area (TPSA) is 117 Å². The number of ether oxygens (including phenoxy) is 2. The minimum Gasteiger partial charge on any atom is -0.493 e. The normalized spacial score (nSPS) is 11.6. The number of methoxy groups -OCH3 is 1. The zero-order valence-corrected chi connectivity index (χ0v) is 19.4. The lowest BCUT2D eigenvalue weighted by Crippen LogP contribution is -2.40. The van der Waals surface area contributed by atoms with Gasteiger partial charge in [0.25, 0.3) is 0 Å².